The van der Waals surface area contributed by atoms with Crippen LogP contribution in [0.5, 0.6) is 0 Å². The first-order valence-corrected chi connectivity index (χ1v) is 4.90. The van der Waals surface area contributed by atoms with E-state index in [1.54, 1.807) is 12.1 Å². The minimum Gasteiger partial charge on any atom is -0.411 e. The molecule has 1 aromatic heterocycles. The van der Waals surface area contributed by atoms with E-state index in [0.29, 0.717) is 5.82 Å². The summed E-state index contributed by atoms with van der Waals surface area (Å²) in [6.07, 6.45) is 3.29. The summed E-state index contributed by atoms with van der Waals surface area (Å²) in [4.78, 5) is 5.88. The Morgan fingerprint density at radius 3 is 2.73 bits per heavy atom. The monoisotopic (exact) mass is 209 g/mol. The fourth-order valence-electron chi connectivity index (χ4n) is 1.72. The predicted octanol–water partition coefficient (Wildman–Crippen LogP) is 1.63. The van der Waals surface area contributed by atoms with E-state index in [0.717, 1.165) is 32.1 Å². The minimum absolute atomic E-state index is 0.195. The summed E-state index contributed by atoms with van der Waals surface area (Å²) >= 11 is 0. The van der Waals surface area contributed by atoms with Crippen molar-refractivity contribution >= 4 is 12.0 Å². The van der Waals surface area contributed by atoms with Crippen LogP contribution in [0.4, 0.5) is 10.2 Å². The molecule has 5 heteroatoms. The van der Waals surface area contributed by atoms with Gasteiger partial charge in [0, 0.05) is 13.1 Å². The van der Waals surface area contributed by atoms with Crippen molar-refractivity contribution in [1.82, 2.24) is 4.98 Å². The van der Waals surface area contributed by atoms with Crippen LogP contribution in [-0.2, 0) is 0 Å². The fourth-order valence-corrected chi connectivity index (χ4v) is 1.72. The lowest BCUT2D eigenvalue weighted by Gasteiger charge is -2.16. The number of rotatable bonds is 2. The number of anilines is 1. The molecule has 0 saturated carbocycles. The molecule has 80 valence electrons. The quantitative estimate of drug-likeness (QED) is 0.348. The highest BCUT2D eigenvalue weighted by atomic mass is 19.1. The van der Waals surface area contributed by atoms with Crippen molar-refractivity contribution in [1.29, 1.82) is 0 Å². The summed E-state index contributed by atoms with van der Waals surface area (Å²) < 4.78 is 13.4. The Morgan fingerprint density at radius 2 is 2.13 bits per heavy atom. The van der Waals surface area contributed by atoms with E-state index in [1.165, 1.54) is 0 Å². The van der Waals surface area contributed by atoms with Gasteiger partial charge in [-0.2, -0.15) is 4.39 Å². The molecule has 2 rings (SSSR count). The molecule has 1 aliphatic heterocycles. The van der Waals surface area contributed by atoms with Crippen molar-refractivity contribution in [2.75, 3.05) is 18.0 Å². The maximum absolute atomic E-state index is 13.4. The lowest BCUT2D eigenvalue weighted by molar-refractivity contribution is 0.321. The van der Waals surface area contributed by atoms with Crippen LogP contribution in [0.15, 0.2) is 17.3 Å². The molecule has 2 heterocycles. The third-order valence-electron chi connectivity index (χ3n) is 2.49. The maximum Gasteiger partial charge on any atom is 0.223 e. The molecule has 0 bridgehead atoms. The number of pyridine rings is 1. The Bertz CT molecular complexity index is 375. The number of hydrogen-bond donors (Lipinski definition) is 1. The van der Waals surface area contributed by atoms with Gasteiger partial charge in [-0.25, -0.2) is 4.98 Å². The summed E-state index contributed by atoms with van der Waals surface area (Å²) in [5.74, 6) is 0.0530. The molecule has 0 spiro atoms. The second kappa shape index (κ2) is 4.25. The number of nitrogens with zero attached hydrogens (tertiary/aromatic N) is 3. The molecule has 0 aromatic carbocycles. The third kappa shape index (κ3) is 2.06. The second-order valence-electron chi connectivity index (χ2n) is 3.49. The SMILES string of the molecule is ON=Cc1ccc(N2CCCC2)nc1F. The zero-order valence-corrected chi connectivity index (χ0v) is 8.23. The first-order valence-electron chi connectivity index (χ1n) is 4.90. The largest absolute Gasteiger partial charge is 0.411 e. The topological polar surface area (TPSA) is 48.7 Å². The van der Waals surface area contributed by atoms with Gasteiger partial charge in [-0.3, -0.25) is 0 Å². The van der Waals surface area contributed by atoms with Crippen molar-refractivity contribution in [3.8, 4) is 0 Å². The van der Waals surface area contributed by atoms with Crippen molar-refractivity contribution in [2.45, 2.75) is 12.8 Å². The molecule has 15 heavy (non-hydrogen) atoms. The van der Waals surface area contributed by atoms with Gasteiger partial charge in [-0.15, -0.1) is 0 Å². The van der Waals surface area contributed by atoms with E-state index < -0.39 is 5.95 Å². The van der Waals surface area contributed by atoms with E-state index in [4.69, 9.17) is 5.21 Å². The molecule has 1 aliphatic rings. The van der Waals surface area contributed by atoms with Crippen LogP contribution in [0.25, 0.3) is 0 Å². The van der Waals surface area contributed by atoms with E-state index >= 15 is 0 Å². The van der Waals surface area contributed by atoms with Gasteiger partial charge in [0.2, 0.25) is 5.95 Å². The Labute approximate surface area is 87.0 Å². The van der Waals surface area contributed by atoms with Crippen LogP contribution in [0.1, 0.15) is 18.4 Å². The zero-order valence-electron chi connectivity index (χ0n) is 8.23. The van der Waals surface area contributed by atoms with E-state index in [9.17, 15) is 4.39 Å². The van der Waals surface area contributed by atoms with Gasteiger partial charge in [0.25, 0.3) is 0 Å². The molecule has 0 amide bonds. The van der Waals surface area contributed by atoms with Gasteiger partial charge in [0.1, 0.15) is 5.82 Å². The summed E-state index contributed by atoms with van der Waals surface area (Å²) in [7, 11) is 0. The predicted molar refractivity (Wildman–Crippen MR) is 55.0 cm³/mol. The zero-order chi connectivity index (χ0) is 10.7. The highest BCUT2D eigenvalue weighted by Crippen LogP contribution is 2.18. The van der Waals surface area contributed by atoms with E-state index in [-0.39, 0.29) is 5.56 Å². The van der Waals surface area contributed by atoms with Crippen molar-refractivity contribution < 1.29 is 9.60 Å². The van der Waals surface area contributed by atoms with Crippen LogP contribution < -0.4 is 4.90 Å². The summed E-state index contributed by atoms with van der Waals surface area (Å²) in [6.45, 7) is 1.86. The van der Waals surface area contributed by atoms with Crippen LogP contribution >= 0.6 is 0 Å². The smallest absolute Gasteiger partial charge is 0.223 e. The molecule has 1 fully saturated rings. The molecule has 0 atom stereocenters. The second-order valence-corrected chi connectivity index (χ2v) is 3.49. The molecule has 0 unspecified atom stereocenters. The van der Waals surface area contributed by atoms with Gasteiger partial charge in [0.15, 0.2) is 0 Å². The molecule has 1 saturated heterocycles. The Hall–Kier alpha value is -1.65. The van der Waals surface area contributed by atoms with E-state index in [2.05, 4.69) is 10.1 Å². The number of oxime groups is 1. The Kier molecular flexibility index (Phi) is 2.80. The molecule has 1 N–H and O–H groups in total. The first kappa shape index (κ1) is 9.89. The van der Waals surface area contributed by atoms with Crippen molar-refractivity contribution in [3.63, 3.8) is 0 Å². The standard InChI is InChI=1S/C10H12FN3O/c11-10-8(7-12-15)3-4-9(13-10)14-5-1-2-6-14/h3-4,7,15H,1-2,5-6H2. The summed E-state index contributed by atoms with van der Waals surface area (Å²) in [6, 6.07) is 3.31. The van der Waals surface area contributed by atoms with Crippen LogP contribution in [0.2, 0.25) is 0 Å². The molecular weight excluding hydrogens is 197 g/mol. The first-order chi connectivity index (χ1) is 7.31. The third-order valence-corrected chi connectivity index (χ3v) is 2.49. The minimum atomic E-state index is -0.600. The Morgan fingerprint density at radius 1 is 1.40 bits per heavy atom. The van der Waals surface area contributed by atoms with Crippen molar-refractivity contribution in [3.05, 3.63) is 23.6 Å². The molecule has 4 nitrogen and oxygen atoms in total. The molecule has 1 aromatic rings. The van der Waals surface area contributed by atoms with Crippen LogP contribution in [0, 0.1) is 5.95 Å². The van der Waals surface area contributed by atoms with Gasteiger partial charge in [-0.1, -0.05) is 5.16 Å². The Balaban J connectivity index is 2.24. The summed E-state index contributed by atoms with van der Waals surface area (Å²) in [5.41, 5.74) is 0.195. The number of aromatic nitrogens is 1. The fraction of sp³-hybridized carbons (Fsp3) is 0.400. The molecule has 0 aliphatic carbocycles. The van der Waals surface area contributed by atoms with Gasteiger partial charge < -0.3 is 10.1 Å². The van der Waals surface area contributed by atoms with Crippen LogP contribution in [-0.4, -0.2) is 29.5 Å². The van der Waals surface area contributed by atoms with Gasteiger partial charge in [0.05, 0.1) is 11.8 Å². The van der Waals surface area contributed by atoms with Gasteiger partial charge in [-0.05, 0) is 25.0 Å². The lowest BCUT2D eigenvalue weighted by Crippen LogP contribution is -2.19. The lowest BCUT2D eigenvalue weighted by atomic mass is 10.3. The van der Waals surface area contributed by atoms with Gasteiger partial charge >= 0.3 is 0 Å². The molecular formula is C10H12FN3O. The highest BCUT2D eigenvalue weighted by molar-refractivity contribution is 5.79. The number of hydrogen-bond acceptors (Lipinski definition) is 4. The highest BCUT2D eigenvalue weighted by Gasteiger charge is 2.14. The number of halogens is 1. The summed E-state index contributed by atoms with van der Waals surface area (Å²) in [5, 5.41) is 11.1. The maximum atomic E-state index is 13.4. The average Bonchev–Trinajstić information content (AvgIpc) is 2.74. The average molecular weight is 209 g/mol. The van der Waals surface area contributed by atoms with Crippen molar-refractivity contribution in [2.24, 2.45) is 5.16 Å². The molecule has 0 radical (unpaired) electrons. The van der Waals surface area contributed by atoms with Crippen LogP contribution in [0.3, 0.4) is 0 Å². The van der Waals surface area contributed by atoms with E-state index in [1.807, 2.05) is 4.90 Å². The normalized spacial score (nSPS) is 16.5.